The van der Waals surface area contributed by atoms with Gasteiger partial charge in [0.05, 0.1) is 0 Å². The Balaban J connectivity index is 2.09. The van der Waals surface area contributed by atoms with Crippen molar-refractivity contribution in [2.24, 2.45) is 0 Å². The molecule has 3 nitrogen and oxygen atoms in total. The number of anilines is 1. The van der Waals surface area contributed by atoms with Crippen LogP contribution >= 0.6 is 0 Å². The monoisotopic (exact) mass is 230 g/mol. The molecule has 0 aliphatic rings. The topological polar surface area (TPSA) is 52.0 Å². The van der Waals surface area contributed by atoms with E-state index in [1.807, 2.05) is 18.2 Å². The first kappa shape index (κ1) is 11.7. The van der Waals surface area contributed by atoms with Gasteiger partial charge in [0.2, 0.25) is 0 Å². The second kappa shape index (κ2) is 5.04. The molecule has 0 saturated heterocycles. The number of nitrogens with zero attached hydrogens (tertiary/aromatic N) is 1. The molecular weight excluding hydrogens is 212 g/mol. The van der Waals surface area contributed by atoms with E-state index >= 15 is 0 Å². The van der Waals surface area contributed by atoms with E-state index in [2.05, 4.69) is 31.1 Å². The van der Waals surface area contributed by atoms with Crippen molar-refractivity contribution < 1.29 is 4.52 Å². The van der Waals surface area contributed by atoms with Gasteiger partial charge in [-0.05, 0) is 17.9 Å². The molecule has 0 spiro atoms. The van der Waals surface area contributed by atoms with Crippen LogP contribution in [0.2, 0.25) is 0 Å². The Labute approximate surface area is 102 Å². The summed E-state index contributed by atoms with van der Waals surface area (Å²) in [4.78, 5) is 0. The summed E-state index contributed by atoms with van der Waals surface area (Å²) < 4.78 is 5.30. The predicted molar refractivity (Wildman–Crippen MR) is 68.9 cm³/mol. The highest BCUT2D eigenvalue weighted by molar-refractivity contribution is 5.42. The van der Waals surface area contributed by atoms with E-state index < -0.39 is 0 Å². The van der Waals surface area contributed by atoms with Crippen molar-refractivity contribution in [1.29, 1.82) is 0 Å². The molecule has 0 bridgehead atoms. The van der Waals surface area contributed by atoms with Crippen LogP contribution in [0.4, 0.5) is 5.82 Å². The molecule has 2 N–H and O–H groups in total. The molecule has 2 rings (SSSR count). The molecule has 90 valence electrons. The average Bonchev–Trinajstić information content (AvgIpc) is 2.69. The summed E-state index contributed by atoms with van der Waals surface area (Å²) in [6.45, 7) is 4.21. The second-order valence-electron chi connectivity index (χ2n) is 4.54. The summed E-state index contributed by atoms with van der Waals surface area (Å²) >= 11 is 0. The second-order valence-corrected chi connectivity index (χ2v) is 4.54. The maximum atomic E-state index is 5.81. The number of aromatic nitrogens is 1. The fourth-order valence-electron chi connectivity index (χ4n) is 2.05. The van der Waals surface area contributed by atoms with Crippen molar-refractivity contribution >= 4 is 5.82 Å². The molecule has 0 amide bonds. The van der Waals surface area contributed by atoms with Crippen LogP contribution in [0.3, 0.4) is 0 Å². The maximum Gasteiger partial charge on any atom is 0.170 e. The summed E-state index contributed by atoms with van der Waals surface area (Å²) in [6, 6.07) is 10.4. The van der Waals surface area contributed by atoms with E-state index in [-0.39, 0.29) is 0 Å². The number of hydrogen-bond acceptors (Lipinski definition) is 3. The minimum atomic E-state index is 0.354. The first-order valence-corrected chi connectivity index (χ1v) is 5.96. The Bertz CT molecular complexity index is 474. The van der Waals surface area contributed by atoms with Crippen LogP contribution in [0.5, 0.6) is 0 Å². The van der Waals surface area contributed by atoms with Crippen molar-refractivity contribution in [3.63, 3.8) is 0 Å². The van der Waals surface area contributed by atoms with Gasteiger partial charge in [-0.1, -0.05) is 49.3 Å². The molecule has 1 aromatic carbocycles. The zero-order chi connectivity index (χ0) is 12.3. The van der Waals surface area contributed by atoms with Gasteiger partial charge in [0.15, 0.2) is 5.82 Å². The number of hydrogen-bond donors (Lipinski definition) is 1. The highest BCUT2D eigenvalue weighted by Crippen LogP contribution is 2.26. The van der Waals surface area contributed by atoms with E-state index in [0.717, 1.165) is 24.2 Å². The molecule has 0 saturated carbocycles. The molecule has 17 heavy (non-hydrogen) atoms. The van der Waals surface area contributed by atoms with Crippen LogP contribution in [0.15, 0.2) is 34.9 Å². The zero-order valence-corrected chi connectivity index (χ0v) is 10.3. The number of nitrogens with two attached hydrogens (primary N) is 1. The third kappa shape index (κ3) is 2.67. The lowest BCUT2D eigenvalue weighted by atomic mass is 9.99. The molecule has 0 aliphatic heterocycles. The van der Waals surface area contributed by atoms with Gasteiger partial charge in [-0.15, -0.1) is 0 Å². The standard InChI is InChI=1S/C14H18N2O/c1-10(2)13-12(17-16-14(13)15)9-8-11-6-4-3-5-7-11/h3-7,10H,8-9H2,1-2H3,(H2,15,16). The fourth-order valence-corrected chi connectivity index (χ4v) is 2.05. The van der Waals surface area contributed by atoms with Crippen LogP contribution in [0.25, 0.3) is 0 Å². The first-order valence-electron chi connectivity index (χ1n) is 5.96. The van der Waals surface area contributed by atoms with Crippen LogP contribution in [0, 0.1) is 0 Å². The Morgan fingerprint density at radius 2 is 1.88 bits per heavy atom. The Morgan fingerprint density at radius 3 is 2.53 bits per heavy atom. The highest BCUT2D eigenvalue weighted by Gasteiger charge is 2.16. The summed E-state index contributed by atoms with van der Waals surface area (Å²) in [5, 5.41) is 3.85. The lowest BCUT2D eigenvalue weighted by molar-refractivity contribution is 0.383. The van der Waals surface area contributed by atoms with Gasteiger partial charge in [-0.3, -0.25) is 0 Å². The van der Waals surface area contributed by atoms with Crippen LogP contribution in [0.1, 0.15) is 36.7 Å². The van der Waals surface area contributed by atoms with Crippen LogP contribution < -0.4 is 5.73 Å². The van der Waals surface area contributed by atoms with Crippen molar-refractivity contribution in [3.05, 3.63) is 47.2 Å². The van der Waals surface area contributed by atoms with Gasteiger partial charge >= 0.3 is 0 Å². The largest absolute Gasteiger partial charge is 0.381 e. The summed E-state index contributed by atoms with van der Waals surface area (Å²) in [5.74, 6) is 1.80. The minimum absolute atomic E-state index is 0.354. The Kier molecular flexibility index (Phi) is 3.47. The quantitative estimate of drug-likeness (QED) is 0.877. The van der Waals surface area contributed by atoms with E-state index in [1.165, 1.54) is 5.56 Å². The lowest BCUT2D eigenvalue weighted by Gasteiger charge is -2.05. The molecule has 1 heterocycles. The van der Waals surface area contributed by atoms with Gasteiger partial charge in [-0.2, -0.15) is 0 Å². The van der Waals surface area contributed by atoms with Gasteiger partial charge in [0, 0.05) is 12.0 Å². The Morgan fingerprint density at radius 1 is 1.18 bits per heavy atom. The van der Waals surface area contributed by atoms with Crippen LogP contribution in [-0.2, 0) is 12.8 Å². The van der Waals surface area contributed by atoms with Crippen LogP contribution in [-0.4, -0.2) is 5.16 Å². The average molecular weight is 230 g/mol. The van der Waals surface area contributed by atoms with Gasteiger partial charge in [-0.25, -0.2) is 0 Å². The van der Waals surface area contributed by atoms with Gasteiger partial charge in [0.25, 0.3) is 0 Å². The fraction of sp³-hybridized carbons (Fsp3) is 0.357. The summed E-state index contributed by atoms with van der Waals surface area (Å²) in [5.41, 5.74) is 8.17. The molecule has 0 radical (unpaired) electrons. The summed E-state index contributed by atoms with van der Waals surface area (Å²) in [7, 11) is 0. The predicted octanol–water partition coefficient (Wildman–Crippen LogP) is 3.17. The van der Waals surface area contributed by atoms with Gasteiger partial charge in [0.1, 0.15) is 5.76 Å². The minimum Gasteiger partial charge on any atom is -0.381 e. The molecule has 0 aliphatic carbocycles. The summed E-state index contributed by atoms with van der Waals surface area (Å²) in [6.07, 6.45) is 1.80. The normalized spacial score (nSPS) is 11.0. The molecule has 0 fully saturated rings. The first-order chi connectivity index (χ1) is 8.18. The van der Waals surface area contributed by atoms with E-state index in [9.17, 15) is 0 Å². The van der Waals surface area contributed by atoms with Crippen molar-refractivity contribution in [2.75, 3.05) is 5.73 Å². The number of nitrogen functional groups attached to an aromatic ring is 1. The molecular formula is C14H18N2O. The number of benzene rings is 1. The molecule has 0 atom stereocenters. The van der Waals surface area contributed by atoms with Crippen molar-refractivity contribution in [2.45, 2.75) is 32.6 Å². The smallest absolute Gasteiger partial charge is 0.170 e. The lowest BCUT2D eigenvalue weighted by Crippen LogP contribution is -1.98. The van der Waals surface area contributed by atoms with Crippen molar-refractivity contribution in [3.8, 4) is 0 Å². The van der Waals surface area contributed by atoms with E-state index in [4.69, 9.17) is 10.3 Å². The third-order valence-corrected chi connectivity index (χ3v) is 2.89. The SMILES string of the molecule is CC(C)c1c(N)noc1CCc1ccccc1. The zero-order valence-electron chi connectivity index (χ0n) is 10.3. The Hall–Kier alpha value is -1.77. The number of rotatable bonds is 4. The van der Waals surface area contributed by atoms with Gasteiger partial charge < -0.3 is 10.3 Å². The van der Waals surface area contributed by atoms with Crippen molar-refractivity contribution in [1.82, 2.24) is 5.16 Å². The highest BCUT2D eigenvalue weighted by atomic mass is 16.5. The molecule has 3 heteroatoms. The third-order valence-electron chi connectivity index (χ3n) is 2.89. The maximum absolute atomic E-state index is 5.81. The van der Waals surface area contributed by atoms with E-state index in [0.29, 0.717) is 11.7 Å². The number of aryl methyl sites for hydroxylation is 2. The van der Waals surface area contributed by atoms with E-state index in [1.54, 1.807) is 0 Å². The molecule has 2 aromatic rings. The molecule has 1 aromatic heterocycles. The molecule has 0 unspecified atom stereocenters.